The van der Waals surface area contributed by atoms with Gasteiger partial charge in [-0.15, -0.1) is 0 Å². The summed E-state index contributed by atoms with van der Waals surface area (Å²) in [5, 5.41) is 0. The van der Waals surface area contributed by atoms with Gasteiger partial charge < -0.3 is 9.64 Å². The van der Waals surface area contributed by atoms with Gasteiger partial charge in [0.15, 0.2) is 6.10 Å². The van der Waals surface area contributed by atoms with Gasteiger partial charge in [-0.2, -0.15) is 0 Å². The smallest absolute Gasteiger partial charge is 0.254 e. The standard InChI is InChI=1S/C11H19NO2/c1-7-5-11(2,3)9-8(14-4)10(13)12(9)6-7/h7-9H,5-6H2,1-4H3/t7-,8-,9-/m0/s1. The SMILES string of the molecule is CO[C@@H]1C(=O)N2C[C@@H](C)CC(C)(C)[C@H]12. The van der Waals surface area contributed by atoms with Gasteiger partial charge in [-0.05, 0) is 17.8 Å². The van der Waals surface area contributed by atoms with Crippen LogP contribution in [0.15, 0.2) is 0 Å². The van der Waals surface area contributed by atoms with Gasteiger partial charge in [0.25, 0.3) is 5.91 Å². The van der Waals surface area contributed by atoms with Crippen molar-refractivity contribution in [3.05, 3.63) is 0 Å². The third kappa shape index (κ3) is 1.18. The van der Waals surface area contributed by atoms with E-state index in [0.29, 0.717) is 12.0 Å². The van der Waals surface area contributed by atoms with E-state index in [4.69, 9.17) is 4.74 Å². The minimum absolute atomic E-state index is 0.178. The van der Waals surface area contributed by atoms with E-state index in [0.717, 1.165) is 6.54 Å². The molecule has 0 radical (unpaired) electrons. The molecule has 2 aliphatic rings. The second-order valence-corrected chi connectivity index (χ2v) is 5.39. The molecule has 0 aromatic heterocycles. The number of piperidine rings is 1. The second-order valence-electron chi connectivity index (χ2n) is 5.39. The van der Waals surface area contributed by atoms with Crippen LogP contribution in [0.1, 0.15) is 27.2 Å². The lowest BCUT2D eigenvalue weighted by molar-refractivity contribution is -0.192. The highest BCUT2D eigenvalue weighted by atomic mass is 16.5. The van der Waals surface area contributed by atoms with Crippen molar-refractivity contribution in [3.63, 3.8) is 0 Å². The highest BCUT2D eigenvalue weighted by Crippen LogP contribution is 2.45. The summed E-state index contributed by atoms with van der Waals surface area (Å²) in [5.74, 6) is 0.792. The number of ether oxygens (including phenoxy) is 1. The molecule has 1 amide bonds. The van der Waals surface area contributed by atoms with Crippen molar-refractivity contribution >= 4 is 5.91 Å². The molecule has 0 aromatic rings. The van der Waals surface area contributed by atoms with Crippen LogP contribution in [-0.4, -0.2) is 36.6 Å². The Bertz CT molecular complexity index is 262. The predicted molar refractivity (Wildman–Crippen MR) is 53.9 cm³/mol. The molecule has 3 atom stereocenters. The number of rotatable bonds is 1. The molecule has 0 saturated carbocycles. The van der Waals surface area contributed by atoms with Crippen molar-refractivity contribution in [2.45, 2.75) is 39.3 Å². The number of carbonyl (C=O) groups is 1. The molecule has 0 aromatic carbocycles. The lowest BCUT2D eigenvalue weighted by Crippen LogP contribution is -2.73. The summed E-state index contributed by atoms with van der Waals surface area (Å²) in [6.45, 7) is 7.59. The molecule has 2 fully saturated rings. The largest absolute Gasteiger partial charge is 0.369 e. The van der Waals surface area contributed by atoms with Crippen LogP contribution in [-0.2, 0) is 9.53 Å². The third-order valence-corrected chi connectivity index (χ3v) is 3.59. The molecule has 80 valence electrons. The lowest BCUT2D eigenvalue weighted by Gasteiger charge is -2.58. The number of amides is 1. The summed E-state index contributed by atoms with van der Waals surface area (Å²) < 4.78 is 5.25. The normalized spacial score (nSPS) is 40.4. The summed E-state index contributed by atoms with van der Waals surface area (Å²) in [4.78, 5) is 13.6. The molecular weight excluding hydrogens is 178 g/mol. The fourth-order valence-corrected chi connectivity index (χ4v) is 3.20. The molecule has 0 N–H and O–H groups in total. The van der Waals surface area contributed by atoms with Gasteiger partial charge in [0, 0.05) is 13.7 Å². The molecule has 14 heavy (non-hydrogen) atoms. The molecule has 0 spiro atoms. The second kappa shape index (κ2) is 2.96. The van der Waals surface area contributed by atoms with Crippen LogP contribution in [0.25, 0.3) is 0 Å². The number of hydrogen-bond donors (Lipinski definition) is 0. The molecule has 2 rings (SSSR count). The van der Waals surface area contributed by atoms with E-state index in [1.807, 2.05) is 4.90 Å². The maximum atomic E-state index is 11.7. The summed E-state index contributed by atoms with van der Waals surface area (Å²) >= 11 is 0. The van der Waals surface area contributed by atoms with Crippen LogP contribution in [0.4, 0.5) is 0 Å². The monoisotopic (exact) mass is 197 g/mol. The minimum Gasteiger partial charge on any atom is -0.369 e. The van der Waals surface area contributed by atoms with E-state index in [-0.39, 0.29) is 17.4 Å². The van der Waals surface area contributed by atoms with Crippen LogP contribution >= 0.6 is 0 Å². The average molecular weight is 197 g/mol. The number of nitrogens with zero attached hydrogens (tertiary/aromatic N) is 1. The number of β-lactam (4-membered cyclic amide) rings is 1. The first kappa shape index (κ1) is 9.97. The van der Waals surface area contributed by atoms with Gasteiger partial charge in [-0.25, -0.2) is 0 Å². The lowest BCUT2D eigenvalue weighted by atomic mass is 9.67. The maximum Gasteiger partial charge on any atom is 0.254 e. The molecule has 0 unspecified atom stereocenters. The van der Waals surface area contributed by atoms with Gasteiger partial charge in [0.05, 0.1) is 6.04 Å². The summed E-state index contributed by atoms with van der Waals surface area (Å²) in [5.41, 5.74) is 0.201. The van der Waals surface area contributed by atoms with E-state index in [9.17, 15) is 4.79 Å². The predicted octanol–water partition coefficient (Wildman–Crippen LogP) is 1.28. The van der Waals surface area contributed by atoms with E-state index >= 15 is 0 Å². The van der Waals surface area contributed by atoms with E-state index in [1.54, 1.807) is 7.11 Å². The van der Waals surface area contributed by atoms with Crippen molar-refractivity contribution in [2.24, 2.45) is 11.3 Å². The molecule has 3 nitrogen and oxygen atoms in total. The van der Waals surface area contributed by atoms with Crippen LogP contribution in [0, 0.1) is 11.3 Å². The number of methoxy groups -OCH3 is 1. The molecular formula is C11H19NO2. The van der Waals surface area contributed by atoms with Gasteiger partial charge >= 0.3 is 0 Å². The Morgan fingerprint density at radius 1 is 1.50 bits per heavy atom. The first-order valence-electron chi connectivity index (χ1n) is 5.30. The Kier molecular flexibility index (Phi) is 2.11. The molecule has 3 heteroatoms. The van der Waals surface area contributed by atoms with Gasteiger partial charge in [0.2, 0.25) is 0 Å². The first-order chi connectivity index (χ1) is 6.47. The van der Waals surface area contributed by atoms with Crippen molar-refractivity contribution in [1.82, 2.24) is 4.90 Å². The van der Waals surface area contributed by atoms with E-state index < -0.39 is 0 Å². The van der Waals surface area contributed by atoms with Gasteiger partial charge in [-0.3, -0.25) is 4.79 Å². The number of hydrogen-bond acceptors (Lipinski definition) is 2. The quantitative estimate of drug-likeness (QED) is 0.593. The Balaban J connectivity index is 2.20. The van der Waals surface area contributed by atoms with Crippen molar-refractivity contribution in [1.29, 1.82) is 0 Å². The third-order valence-electron chi connectivity index (χ3n) is 3.59. The molecule has 0 aliphatic carbocycles. The van der Waals surface area contributed by atoms with Crippen LogP contribution < -0.4 is 0 Å². The van der Waals surface area contributed by atoms with Crippen LogP contribution in [0.5, 0.6) is 0 Å². The zero-order valence-electron chi connectivity index (χ0n) is 9.41. The summed E-state index contributed by atoms with van der Waals surface area (Å²) in [6.07, 6.45) is 0.999. The zero-order chi connectivity index (χ0) is 10.5. The number of fused-ring (bicyclic) bond motifs is 1. The fourth-order valence-electron chi connectivity index (χ4n) is 3.20. The van der Waals surface area contributed by atoms with Gasteiger partial charge in [0.1, 0.15) is 0 Å². The molecule has 2 heterocycles. The topological polar surface area (TPSA) is 29.5 Å². The first-order valence-corrected chi connectivity index (χ1v) is 5.30. The van der Waals surface area contributed by atoms with Crippen LogP contribution in [0.2, 0.25) is 0 Å². The van der Waals surface area contributed by atoms with Crippen molar-refractivity contribution < 1.29 is 9.53 Å². The van der Waals surface area contributed by atoms with Crippen molar-refractivity contribution in [3.8, 4) is 0 Å². The molecule has 2 aliphatic heterocycles. The highest BCUT2D eigenvalue weighted by molar-refractivity contribution is 5.89. The summed E-state index contributed by atoms with van der Waals surface area (Å²) in [7, 11) is 1.63. The van der Waals surface area contributed by atoms with Crippen molar-refractivity contribution in [2.75, 3.05) is 13.7 Å². The Labute approximate surface area is 85.4 Å². The van der Waals surface area contributed by atoms with E-state index in [2.05, 4.69) is 20.8 Å². The molecule has 2 saturated heterocycles. The highest BCUT2D eigenvalue weighted by Gasteiger charge is 2.57. The van der Waals surface area contributed by atoms with Gasteiger partial charge in [-0.1, -0.05) is 20.8 Å². The minimum atomic E-state index is -0.183. The Hall–Kier alpha value is -0.570. The van der Waals surface area contributed by atoms with E-state index in [1.165, 1.54) is 6.42 Å². The molecule has 0 bridgehead atoms. The Morgan fingerprint density at radius 2 is 2.14 bits per heavy atom. The zero-order valence-corrected chi connectivity index (χ0v) is 9.41. The van der Waals surface area contributed by atoms with Crippen LogP contribution in [0.3, 0.4) is 0 Å². The average Bonchev–Trinajstić information content (AvgIpc) is 2.07. The Morgan fingerprint density at radius 3 is 2.71 bits per heavy atom. The fraction of sp³-hybridized carbons (Fsp3) is 0.909. The summed E-state index contributed by atoms with van der Waals surface area (Å²) in [6, 6.07) is 0.302. The number of carbonyl (C=O) groups excluding carboxylic acids is 1. The maximum absolute atomic E-state index is 11.7.